The smallest absolute Gasteiger partial charge is 0.193 e. The fourth-order valence-corrected chi connectivity index (χ4v) is 5.52. The van der Waals surface area contributed by atoms with Gasteiger partial charge in [0.05, 0.1) is 22.9 Å². The van der Waals surface area contributed by atoms with E-state index in [4.69, 9.17) is 13.6 Å². The highest BCUT2D eigenvalue weighted by atomic mass is 16.5. The lowest BCUT2D eigenvalue weighted by atomic mass is 9.90. The third-order valence-corrected chi connectivity index (χ3v) is 8.11. The van der Waals surface area contributed by atoms with E-state index in [0.29, 0.717) is 27.9 Å². The van der Waals surface area contributed by atoms with Crippen molar-refractivity contribution < 1.29 is 54.4 Å². The highest BCUT2D eigenvalue weighted by Crippen LogP contribution is 2.41. The van der Waals surface area contributed by atoms with Crippen LogP contribution in [0.5, 0.6) is 23.0 Å². The maximum absolute atomic E-state index is 12.7. The number of aromatic hydroxyl groups is 4. The molecule has 6 aromatic rings. The molecule has 1 fully saturated rings. The number of aliphatic hydroxyl groups excluding tert-OH is 4. The zero-order valence-electron chi connectivity index (χ0n) is 25.4. The monoisotopic (exact) mass is 670 g/mol. The van der Waals surface area contributed by atoms with Crippen molar-refractivity contribution in [3.05, 3.63) is 117 Å². The Balaban J connectivity index is 0.000000188. The number of ether oxygens (including phenoxy) is 1. The van der Waals surface area contributed by atoms with Crippen LogP contribution in [0.15, 0.2) is 109 Å². The van der Waals surface area contributed by atoms with Gasteiger partial charge in [0.1, 0.15) is 76.2 Å². The molecule has 13 heteroatoms. The summed E-state index contributed by atoms with van der Waals surface area (Å²) in [5.74, 6) is 0.384. The van der Waals surface area contributed by atoms with Crippen LogP contribution in [0.25, 0.3) is 44.6 Å². The van der Waals surface area contributed by atoms with Gasteiger partial charge < -0.3 is 54.4 Å². The molecule has 252 valence electrons. The molecule has 13 nitrogen and oxygen atoms in total. The van der Waals surface area contributed by atoms with Crippen molar-refractivity contribution in [3.8, 4) is 45.6 Å². The molecule has 1 saturated heterocycles. The fraction of sp³-hybridized carbons (Fsp3) is 0.167. The van der Waals surface area contributed by atoms with Crippen LogP contribution in [0.3, 0.4) is 0 Å². The number of phenolic OH excluding ortho intramolecular Hbond substituents is 4. The second-order valence-electron chi connectivity index (χ2n) is 11.3. The van der Waals surface area contributed by atoms with Crippen molar-refractivity contribution in [3.63, 3.8) is 0 Å². The second kappa shape index (κ2) is 13.4. The average molecular weight is 671 g/mol. The molecule has 0 unspecified atom stereocenters. The number of benzene rings is 4. The predicted molar refractivity (Wildman–Crippen MR) is 175 cm³/mol. The zero-order valence-corrected chi connectivity index (χ0v) is 25.4. The molecule has 0 saturated carbocycles. The van der Waals surface area contributed by atoms with E-state index in [0.717, 1.165) is 0 Å². The minimum atomic E-state index is -1.66. The van der Waals surface area contributed by atoms with Gasteiger partial charge in [0.25, 0.3) is 0 Å². The summed E-state index contributed by atoms with van der Waals surface area (Å²) in [7, 11) is 0. The highest BCUT2D eigenvalue weighted by Gasteiger charge is 2.45. The molecule has 3 heterocycles. The van der Waals surface area contributed by atoms with Crippen molar-refractivity contribution in [1.29, 1.82) is 0 Å². The lowest BCUT2D eigenvalue weighted by Gasteiger charge is -2.40. The molecule has 5 atom stereocenters. The van der Waals surface area contributed by atoms with Gasteiger partial charge in [0.2, 0.25) is 0 Å². The summed E-state index contributed by atoms with van der Waals surface area (Å²) in [6.45, 7) is -0.643. The van der Waals surface area contributed by atoms with E-state index < -0.39 is 42.6 Å². The van der Waals surface area contributed by atoms with Gasteiger partial charge in [-0.15, -0.1) is 0 Å². The molecule has 0 bridgehead atoms. The molecule has 1 aliphatic heterocycles. The van der Waals surface area contributed by atoms with Gasteiger partial charge in [0, 0.05) is 29.3 Å². The SMILES string of the molecule is O=c1cc(-c2ccc(O)cc2)oc2c([C@@H]3O[C@H](CO)[C@@H](O)[C@H](O)[C@H]3O)c(O)ccc12.O=c1cc(-c2ccc(O)cc2)oc2cc(O)ccc12. The van der Waals surface area contributed by atoms with Crippen LogP contribution in [0, 0.1) is 0 Å². The Labute approximate surface area is 276 Å². The van der Waals surface area contributed by atoms with Crippen molar-refractivity contribution in [2.45, 2.75) is 30.5 Å². The summed E-state index contributed by atoms with van der Waals surface area (Å²) in [5.41, 5.74) is 0.720. The van der Waals surface area contributed by atoms with Crippen LogP contribution >= 0.6 is 0 Å². The second-order valence-corrected chi connectivity index (χ2v) is 11.3. The first-order valence-corrected chi connectivity index (χ1v) is 14.9. The van der Waals surface area contributed by atoms with Gasteiger partial charge in [-0.2, -0.15) is 0 Å². The Bertz CT molecular complexity index is 2240. The van der Waals surface area contributed by atoms with E-state index in [1.807, 2.05) is 0 Å². The summed E-state index contributed by atoms with van der Waals surface area (Å²) in [6, 6.07) is 21.9. The van der Waals surface area contributed by atoms with Gasteiger partial charge in [-0.1, -0.05) is 0 Å². The van der Waals surface area contributed by atoms with Crippen LogP contribution in [0.1, 0.15) is 11.7 Å². The summed E-state index contributed by atoms with van der Waals surface area (Å²) >= 11 is 0. The van der Waals surface area contributed by atoms with E-state index >= 15 is 0 Å². The van der Waals surface area contributed by atoms with Crippen molar-refractivity contribution in [2.24, 2.45) is 0 Å². The predicted octanol–water partition coefficient (Wildman–Crippen LogP) is 3.26. The third-order valence-electron chi connectivity index (χ3n) is 8.11. The first kappa shape index (κ1) is 33.2. The lowest BCUT2D eigenvalue weighted by Crippen LogP contribution is -2.55. The Kier molecular flexibility index (Phi) is 9.10. The van der Waals surface area contributed by atoms with Crippen LogP contribution in [0.2, 0.25) is 0 Å². The van der Waals surface area contributed by atoms with E-state index in [-0.39, 0.29) is 50.7 Å². The first-order valence-electron chi connectivity index (χ1n) is 14.9. The van der Waals surface area contributed by atoms with E-state index in [1.165, 1.54) is 78.9 Å². The Morgan fingerprint density at radius 1 is 0.571 bits per heavy atom. The van der Waals surface area contributed by atoms with Crippen molar-refractivity contribution in [1.82, 2.24) is 0 Å². The average Bonchev–Trinajstić information content (AvgIpc) is 3.08. The third kappa shape index (κ3) is 6.56. The Morgan fingerprint density at radius 3 is 1.69 bits per heavy atom. The van der Waals surface area contributed by atoms with Crippen LogP contribution in [-0.2, 0) is 4.74 Å². The van der Waals surface area contributed by atoms with Gasteiger partial charge in [-0.25, -0.2) is 0 Å². The number of hydrogen-bond donors (Lipinski definition) is 8. The number of hydrogen-bond acceptors (Lipinski definition) is 13. The quantitative estimate of drug-likeness (QED) is 0.135. The molecule has 7 rings (SSSR count). The molecule has 1 aliphatic rings. The molecule has 0 amide bonds. The molecule has 0 aliphatic carbocycles. The van der Waals surface area contributed by atoms with E-state index in [2.05, 4.69) is 0 Å². The Morgan fingerprint density at radius 2 is 1.10 bits per heavy atom. The molecular formula is C36H30O13. The van der Waals surface area contributed by atoms with Crippen LogP contribution in [-0.4, -0.2) is 71.9 Å². The molecule has 49 heavy (non-hydrogen) atoms. The normalized spacial score (nSPS) is 20.5. The van der Waals surface area contributed by atoms with Crippen molar-refractivity contribution >= 4 is 21.9 Å². The van der Waals surface area contributed by atoms with Gasteiger partial charge in [-0.3, -0.25) is 9.59 Å². The topological polar surface area (TPSA) is 231 Å². The van der Waals surface area contributed by atoms with E-state index in [9.17, 15) is 50.4 Å². The molecule has 0 radical (unpaired) electrons. The Hall–Kier alpha value is -5.70. The van der Waals surface area contributed by atoms with Crippen LogP contribution in [0.4, 0.5) is 0 Å². The molecule has 4 aromatic carbocycles. The maximum atomic E-state index is 12.7. The zero-order chi connectivity index (χ0) is 35.0. The largest absolute Gasteiger partial charge is 0.508 e. The summed E-state index contributed by atoms with van der Waals surface area (Å²) < 4.78 is 17.0. The molecular weight excluding hydrogens is 640 g/mol. The number of phenols is 4. The lowest BCUT2D eigenvalue weighted by molar-refractivity contribution is -0.231. The van der Waals surface area contributed by atoms with Gasteiger partial charge in [-0.05, 0) is 72.8 Å². The minimum absolute atomic E-state index is 0.0292. The van der Waals surface area contributed by atoms with Gasteiger partial charge in [0.15, 0.2) is 10.9 Å². The minimum Gasteiger partial charge on any atom is -0.508 e. The fourth-order valence-electron chi connectivity index (χ4n) is 5.52. The van der Waals surface area contributed by atoms with E-state index in [1.54, 1.807) is 12.1 Å². The summed E-state index contributed by atoms with van der Waals surface area (Å²) in [4.78, 5) is 24.6. The molecule has 8 N–H and O–H groups in total. The summed E-state index contributed by atoms with van der Waals surface area (Å²) in [5, 5.41) is 79.2. The molecule has 2 aromatic heterocycles. The highest BCUT2D eigenvalue weighted by molar-refractivity contribution is 5.84. The first-order chi connectivity index (χ1) is 23.4. The van der Waals surface area contributed by atoms with Gasteiger partial charge >= 0.3 is 0 Å². The maximum Gasteiger partial charge on any atom is 0.193 e. The number of rotatable bonds is 4. The summed E-state index contributed by atoms with van der Waals surface area (Å²) in [6.07, 6.45) is -7.49. The number of fused-ring (bicyclic) bond motifs is 2. The standard InChI is InChI=1S/C21H20O9.C15H10O4/c22-8-15-17(26)18(27)19(28)21(30-15)16-12(24)6-5-11-13(25)7-14(29-20(11)16)9-1-3-10(23)4-2-9;16-10-3-1-9(2-4-10)14-8-13(18)12-6-5-11(17)7-15(12)19-14/h1-7,15,17-19,21-24,26-28H,8H2;1-8,16-17H/t15-,17-,18+,19-,21+;/m1./s1. The van der Waals surface area contributed by atoms with Crippen LogP contribution < -0.4 is 10.9 Å². The molecule has 0 spiro atoms. The van der Waals surface area contributed by atoms with Crippen molar-refractivity contribution in [2.75, 3.05) is 6.61 Å². The number of aliphatic hydroxyl groups is 4.